The van der Waals surface area contributed by atoms with Crippen molar-refractivity contribution in [3.05, 3.63) is 70.4 Å². The van der Waals surface area contributed by atoms with Crippen molar-refractivity contribution in [1.29, 1.82) is 0 Å². The van der Waals surface area contributed by atoms with Crippen LogP contribution in [0, 0.1) is 0 Å². The van der Waals surface area contributed by atoms with E-state index in [0.29, 0.717) is 16.9 Å². The molecular formula is C21H22N6O5S2. The molecule has 0 spiro atoms. The molecule has 11 nitrogen and oxygen atoms in total. The number of aliphatic imine (C=N–C) groups is 1. The Kier molecular flexibility index (Phi) is 7.38. The van der Waals surface area contributed by atoms with Crippen LogP contribution in [0.4, 0.5) is 17.1 Å². The number of nitrogens with one attached hydrogen (secondary N) is 2. The number of anilines is 2. The first kappa shape index (κ1) is 24.5. The van der Waals surface area contributed by atoms with E-state index in [1.807, 2.05) is 0 Å². The van der Waals surface area contributed by atoms with Gasteiger partial charge in [-0.15, -0.1) is 11.3 Å². The summed E-state index contributed by atoms with van der Waals surface area (Å²) in [5.41, 5.74) is 17.8. The van der Waals surface area contributed by atoms with E-state index in [4.69, 9.17) is 17.2 Å². The number of sulfonamides is 1. The smallest absolute Gasteiger partial charge is 0.326 e. The zero-order chi connectivity index (χ0) is 24.9. The number of nitrogens with zero attached hydrogens (tertiary/aromatic N) is 1. The summed E-state index contributed by atoms with van der Waals surface area (Å²) in [5.74, 6) is -2.08. The number of hydrogen-bond donors (Lipinski definition) is 6. The summed E-state index contributed by atoms with van der Waals surface area (Å²) in [6.07, 6.45) is -0.0128. The van der Waals surface area contributed by atoms with Gasteiger partial charge in [-0.1, -0.05) is 12.1 Å². The molecule has 1 amide bonds. The lowest BCUT2D eigenvalue weighted by Crippen LogP contribution is -2.42. The van der Waals surface area contributed by atoms with Gasteiger partial charge in [0.05, 0.1) is 16.3 Å². The predicted molar refractivity (Wildman–Crippen MR) is 130 cm³/mol. The highest BCUT2D eigenvalue weighted by atomic mass is 32.2. The van der Waals surface area contributed by atoms with Gasteiger partial charge in [0.25, 0.3) is 15.9 Å². The molecule has 0 aliphatic rings. The molecule has 0 aliphatic carbocycles. The third kappa shape index (κ3) is 6.24. The van der Waals surface area contributed by atoms with Crippen LogP contribution in [0.15, 0.2) is 69.9 Å². The minimum absolute atomic E-state index is 0.0128. The van der Waals surface area contributed by atoms with Crippen molar-refractivity contribution in [2.24, 2.45) is 16.5 Å². The highest BCUT2D eigenvalue weighted by molar-refractivity contribution is 7.92. The molecule has 2 aromatic carbocycles. The van der Waals surface area contributed by atoms with Crippen LogP contribution in [0.2, 0.25) is 0 Å². The van der Waals surface area contributed by atoms with Crippen molar-refractivity contribution in [1.82, 2.24) is 5.32 Å². The topological polar surface area (TPSA) is 203 Å². The number of carboxylic acids is 1. The van der Waals surface area contributed by atoms with Crippen molar-refractivity contribution in [3.8, 4) is 0 Å². The number of rotatable bonds is 9. The van der Waals surface area contributed by atoms with Crippen molar-refractivity contribution in [2.75, 3.05) is 10.5 Å². The molecular weight excluding hydrogens is 480 g/mol. The third-order valence-corrected chi connectivity index (χ3v) is 6.84. The first-order valence-electron chi connectivity index (χ1n) is 9.73. The maximum Gasteiger partial charge on any atom is 0.326 e. The number of nitrogen functional groups attached to an aromatic ring is 1. The van der Waals surface area contributed by atoms with Gasteiger partial charge in [0.1, 0.15) is 10.9 Å². The van der Waals surface area contributed by atoms with Gasteiger partial charge in [-0.2, -0.15) is 0 Å². The lowest BCUT2D eigenvalue weighted by atomic mass is 10.1. The Labute approximate surface area is 199 Å². The van der Waals surface area contributed by atoms with E-state index in [0.717, 1.165) is 11.3 Å². The van der Waals surface area contributed by atoms with Crippen LogP contribution < -0.4 is 27.2 Å². The second-order valence-electron chi connectivity index (χ2n) is 7.11. The normalized spacial score (nSPS) is 11.9. The van der Waals surface area contributed by atoms with Crippen LogP contribution in [0.25, 0.3) is 0 Å². The van der Waals surface area contributed by atoms with Crippen molar-refractivity contribution < 1.29 is 23.1 Å². The molecule has 1 atom stereocenters. The Balaban J connectivity index is 1.74. The van der Waals surface area contributed by atoms with Crippen LogP contribution in [-0.2, 0) is 21.2 Å². The number of thiophene rings is 1. The Bertz CT molecular complexity index is 1310. The molecule has 13 heteroatoms. The minimum Gasteiger partial charge on any atom is -0.480 e. The summed E-state index contributed by atoms with van der Waals surface area (Å²) in [6.45, 7) is 0. The molecule has 1 heterocycles. The number of carbonyl (C=O) groups excluding carboxylic acids is 1. The first-order valence-corrected chi connectivity index (χ1v) is 12.1. The highest BCUT2D eigenvalue weighted by Crippen LogP contribution is 2.26. The molecule has 0 saturated heterocycles. The van der Waals surface area contributed by atoms with Crippen molar-refractivity contribution >= 4 is 56.3 Å². The number of hydrogen-bond acceptors (Lipinski definition) is 7. The Hall–Kier alpha value is -4.10. The predicted octanol–water partition coefficient (Wildman–Crippen LogP) is 1.46. The summed E-state index contributed by atoms with van der Waals surface area (Å²) >= 11 is 0.973. The van der Waals surface area contributed by atoms with Gasteiger partial charge in [-0.25, -0.2) is 18.2 Å². The quantitative estimate of drug-likeness (QED) is 0.143. The lowest BCUT2D eigenvalue weighted by Gasteiger charge is -2.15. The van der Waals surface area contributed by atoms with Gasteiger partial charge in [-0.3, -0.25) is 9.52 Å². The number of aliphatic carboxylic acids is 1. The zero-order valence-corrected chi connectivity index (χ0v) is 19.3. The molecule has 34 heavy (non-hydrogen) atoms. The fourth-order valence-electron chi connectivity index (χ4n) is 2.93. The Morgan fingerprint density at radius 2 is 1.68 bits per heavy atom. The zero-order valence-electron chi connectivity index (χ0n) is 17.6. The monoisotopic (exact) mass is 502 g/mol. The Morgan fingerprint density at radius 3 is 2.26 bits per heavy atom. The van der Waals surface area contributed by atoms with Crippen LogP contribution in [0.3, 0.4) is 0 Å². The van der Waals surface area contributed by atoms with Crippen molar-refractivity contribution in [3.63, 3.8) is 0 Å². The molecule has 1 aromatic heterocycles. The summed E-state index contributed by atoms with van der Waals surface area (Å²) in [6, 6.07) is 12.2. The van der Waals surface area contributed by atoms with E-state index in [2.05, 4.69) is 15.0 Å². The average molecular weight is 503 g/mol. The van der Waals surface area contributed by atoms with Crippen LogP contribution in [-0.4, -0.2) is 37.4 Å². The molecule has 0 bridgehead atoms. The standard InChI is InChI=1S/C21H22N6O5S2/c22-13-3-7-15(8-4-13)34(31,32)27-16-9-10-33-18(16)19(28)26-17(20(29)30)11-12-1-5-14(6-2-12)25-21(23)24/h1-10,17,27H,11,22H2,(H,26,28)(H,29,30)(H4,23,24,25)/t17-/m0/s1. The first-order chi connectivity index (χ1) is 16.0. The second-order valence-corrected chi connectivity index (χ2v) is 9.71. The molecule has 178 valence electrons. The van der Waals surface area contributed by atoms with E-state index in [1.165, 1.54) is 35.7 Å². The van der Waals surface area contributed by atoms with Crippen LogP contribution in [0.1, 0.15) is 15.2 Å². The molecule has 3 aromatic rings. The number of carbonyl (C=O) groups is 2. The Morgan fingerprint density at radius 1 is 1.03 bits per heavy atom. The molecule has 9 N–H and O–H groups in total. The largest absolute Gasteiger partial charge is 0.480 e. The van der Waals surface area contributed by atoms with Crippen LogP contribution >= 0.6 is 11.3 Å². The summed E-state index contributed by atoms with van der Waals surface area (Å²) < 4.78 is 27.7. The number of amides is 1. The van der Waals surface area contributed by atoms with Gasteiger partial charge in [0, 0.05) is 12.1 Å². The highest BCUT2D eigenvalue weighted by Gasteiger charge is 2.25. The number of carboxylic acid groups (broad SMARTS) is 1. The second kappa shape index (κ2) is 10.2. The average Bonchev–Trinajstić information content (AvgIpc) is 3.22. The fraction of sp³-hybridized carbons (Fsp3) is 0.0952. The fourth-order valence-corrected chi connectivity index (χ4v) is 4.82. The number of guanidine groups is 1. The molecule has 0 unspecified atom stereocenters. The van der Waals surface area contributed by atoms with Crippen molar-refractivity contribution in [2.45, 2.75) is 17.4 Å². The number of benzene rings is 2. The summed E-state index contributed by atoms with van der Waals surface area (Å²) in [5, 5.41) is 13.6. The molecule has 0 radical (unpaired) electrons. The van der Waals surface area contributed by atoms with Gasteiger partial charge in [0.2, 0.25) is 0 Å². The van der Waals surface area contributed by atoms with E-state index >= 15 is 0 Å². The SMILES string of the molecule is NC(N)=Nc1ccc(C[C@H](NC(=O)c2sccc2NS(=O)(=O)c2ccc(N)cc2)C(=O)O)cc1. The maximum atomic E-state index is 12.8. The van der Waals surface area contributed by atoms with Crippen LogP contribution in [0.5, 0.6) is 0 Å². The lowest BCUT2D eigenvalue weighted by molar-refractivity contribution is -0.139. The molecule has 0 saturated carbocycles. The van der Waals surface area contributed by atoms with E-state index in [9.17, 15) is 23.1 Å². The molecule has 3 rings (SSSR count). The van der Waals surface area contributed by atoms with E-state index in [-0.39, 0.29) is 27.8 Å². The van der Waals surface area contributed by atoms with Gasteiger partial charge in [0.15, 0.2) is 5.96 Å². The minimum atomic E-state index is -3.99. The third-order valence-electron chi connectivity index (χ3n) is 4.54. The van der Waals surface area contributed by atoms with Gasteiger partial charge < -0.3 is 27.6 Å². The van der Waals surface area contributed by atoms with Gasteiger partial charge in [-0.05, 0) is 53.4 Å². The number of nitrogens with two attached hydrogens (primary N) is 3. The van der Waals surface area contributed by atoms with E-state index < -0.39 is 27.9 Å². The van der Waals surface area contributed by atoms with E-state index in [1.54, 1.807) is 24.3 Å². The van der Waals surface area contributed by atoms with Gasteiger partial charge >= 0.3 is 5.97 Å². The summed E-state index contributed by atoms with van der Waals surface area (Å²) in [4.78, 5) is 28.4. The molecule has 0 aliphatic heterocycles. The molecule has 0 fully saturated rings. The maximum absolute atomic E-state index is 12.8. The summed E-state index contributed by atoms with van der Waals surface area (Å²) in [7, 11) is -3.99.